The highest BCUT2D eigenvalue weighted by Crippen LogP contribution is 2.26. The number of hydrogen-bond donors (Lipinski definition) is 0. The third-order valence-corrected chi connectivity index (χ3v) is 5.66. The molecule has 2 heterocycles. The van der Waals surface area contributed by atoms with Gasteiger partial charge in [-0.05, 0) is 66.9 Å². The molecule has 34 heavy (non-hydrogen) atoms. The number of aryl methyl sites for hydroxylation is 2. The van der Waals surface area contributed by atoms with E-state index < -0.39 is 6.36 Å². The van der Waals surface area contributed by atoms with Crippen LogP contribution in [0.3, 0.4) is 0 Å². The smallest absolute Gasteiger partial charge is 0.406 e. The molecule has 2 aromatic carbocycles. The van der Waals surface area contributed by atoms with Crippen LogP contribution in [0.5, 0.6) is 5.75 Å². The second-order valence-electron chi connectivity index (χ2n) is 7.98. The Morgan fingerprint density at radius 1 is 1.03 bits per heavy atom. The molecule has 0 aliphatic carbocycles. The van der Waals surface area contributed by atoms with Crippen molar-refractivity contribution in [3.63, 3.8) is 0 Å². The highest BCUT2D eigenvalue weighted by molar-refractivity contribution is 7.80. The highest BCUT2D eigenvalue weighted by Gasteiger charge is 2.31. The first-order valence-electron chi connectivity index (χ1n) is 10.6. The van der Waals surface area contributed by atoms with Crippen LogP contribution in [0.4, 0.5) is 13.2 Å². The third-order valence-electron chi connectivity index (χ3n) is 5.38. The number of fused-ring (bicyclic) bond motifs is 1. The lowest BCUT2D eigenvalue weighted by atomic mass is 9.99. The number of alkyl halides is 3. The Bertz CT molecular complexity index is 1340. The average molecular weight is 482 g/mol. The van der Waals surface area contributed by atoms with E-state index in [1.54, 1.807) is 18.3 Å². The van der Waals surface area contributed by atoms with Crippen molar-refractivity contribution in [2.24, 2.45) is 4.99 Å². The van der Waals surface area contributed by atoms with Gasteiger partial charge < -0.3 is 9.14 Å². The third kappa shape index (κ3) is 5.88. The monoisotopic (exact) mass is 481 g/mol. The fourth-order valence-corrected chi connectivity index (χ4v) is 3.90. The van der Waals surface area contributed by atoms with E-state index in [2.05, 4.69) is 40.7 Å². The zero-order chi connectivity index (χ0) is 24.3. The number of imidazole rings is 1. The molecule has 4 nitrogen and oxygen atoms in total. The summed E-state index contributed by atoms with van der Waals surface area (Å²) in [6.45, 7) is 4.64. The molecule has 0 aliphatic heterocycles. The second-order valence-corrected chi connectivity index (χ2v) is 8.56. The molecule has 174 valence electrons. The fourth-order valence-electron chi connectivity index (χ4n) is 3.69. The average Bonchev–Trinajstić information content (AvgIpc) is 3.19. The lowest BCUT2D eigenvalue weighted by Crippen LogP contribution is -2.16. The summed E-state index contributed by atoms with van der Waals surface area (Å²) in [5.41, 5.74) is 6.65. The number of aliphatic imine (C=N–C) groups is 1. The van der Waals surface area contributed by atoms with Gasteiger partial charge in [-0.15, -0.1) is 13.2 Å². The topological polar surface area (TPSA) is 38.9 Å². The summed E-state index contributed by atoms with van der Waals surface area (Å²) in [7, 11) is 0. The molecule has 4 aromatic rings. The van der Waals surface area contributed by atoms with Crippen LogP contribution in [0.25, 0.3) is 16.9 Å². The van der Waals surface area contributed by atoms with Crippen molar-refractivity contribution >= 4 is 28.9 Å². The van der Waals surface area contributed by atoms with Gasteiger partial charge in [-0.25, -0.2) is 4.98 Å². The first-order valence-corrected chi connectivity index (χ1v) is 11.0. The number of thiocarbonyl (C=S) groups is 1. The van der Waals surface area contributed by atoms with E-state index in [0.717, 1.165) is 16.8 Å². The number of pyridine rings is 1. The predicted octanol–water partition coefficient (Wildman–Crippen LogP) is 6.55. The molecule has 0 saturated heterocycles. The first-order chi connectivity index (χ1) is 16.2. The molecule has 0 bridgehead atoms. The summed E-state index contributed by atoms with van der Waals surface area (Å²) in [5, 5.41) is 0. The zero-order valence-electron chi connectivity index (χ0n) is 18.6. The van der Waals surface area contributed by atoms with Crippen molar-refractivity contribution in [2.45, 2.75) is 26.6 Å². The Balaban J connectivity index is 1.43. The molecule has 0 saturated carbocycles. The maximum Gasteiger partial charge on any atom is 0.573 e. The van der Waals surface area contributed by atoms with Gasteiger partial charge in [0.15, 0.2) is 0 Å². The number of ether oxygens (including phenoxy) is 1. The number of halogens is 3. The maximum absolute atomic E-state index is 12.3. The van der Waals surface area contributed by atoms with E-state index in [9.17, 15) is 13.2 Å². The molecular weight excluding hydrogens is 459 g/mol. The standard InChI is InChI=1S/C26H22F3N3OS/c1-17-4-3-5-18(2)23(17)12-22(34)14-30-13-19-6-11-25-31-24(16-32(25)15-19)20-7-9-21(10-8-20)33-26(27,28)29/h3-11,13,15-16H,12,14H2,1-2H3. The summed E-state index contributed by atoms with van der Waals surface area (Å²) in [4.78, 5) is 9.91. The van der Waals surface area contributed by atoms with Crippen molar-refractivity contribution in [1.29, 1.82) is 0 Å². The molecule has 8 heteroatoms. The predicted molar refractivity (Wildman–Crippen MR) is 132 cm³/mol. The summed E-state index contributed by atoms with van der Waals surface area (Å²) < 4.78 is 42.8. The van der Waals surface area contributed by atoms with Crippen LogP contribution in [0, 0.1) is 13.8 Å². The van der Waals surface area contributed by atoms with Crippen LogP contribution < -0.4 is 4.74 Å². The minimum absolute atomic E-state index is 0.269. The summed E-state index contributed by atoms with van der Waals surface area (Å²) in [5.74, 6) is -0.269. The number of nitrogens with zero attached hydrogens (tertiary/aromatic N) is 3. The minimum atomic E-state index is -4.72. The lowest BCUT2D eigenvalue weighted by molar-refractivity contribution is -0.274. The van der Waals surface area contributed by atoms with Gasteiger partial charge in [0.25, 0.3) is 0 Å². The summed E-state index contributed by atoms with van der Waals surface area (Å²) >= 11 is 5.54. The van der Waals surface area contributed by atoms with Crippen LogP contribution in [0.1, 0.15) is 22.3 Å². The Kier molecular flexibility index (Phi) is 6.79. The van der Waals surface area contributed by atoms with Crippen LogP contribution >= 0.6 is 12.2 Å². The number of benzene rings is 2. The molecule has 4 rings (SSSR count). The highest BCUT2D eigenvalue weighted by atomic mass is 32.1. The van der Waals surface area contributed by atoms with Crippen LogP contribution in [-0.2, 0) is 6.42 Å². The van der Waals surface area contributed by atoms with E-state index in [0.29, 0.717) is 23.4 Å². The van der Waals surface area contributed by atoms with Crippen molar-refractivity contribution < 1.29 is 17.9 Å². The fraction of sp³-hybridized carbons (Fsp3) is 0.192. The molecule has 0 radical (unpaired) electrons. The maximum atomic E-state index is 12.3. The summed E-state index contributed by atoms with van der Waals surface area (Å²) in [6.07, 6.45) is 1.50. The first kappa shape index (κ1) is 23.6. The number of hydrogen-bond acceptors (Lipinski definition) is 4. The van der Waals surface area contributed by atoms with E-state index in [-0.39, 0.29) is 5.75 Å². The van der Waals surface area contributed by atoms with Gasteiger partial charge in [-0.3, -0.25) is 4.99 Å². The van der Waals surface area contributed by atoms with E-state index in [1.165, 1.54) is 28.8 Å². The minimum Gasteiger partial charge on any atom is -0.406 e. The Morgan fingerprint density at radius 3 is 2.41 bits per heavy atom. The quantitative estimate of drug-likeness (QED) is 0.222. The lowest BCUT2D eigenvalue weighted by Gasteiger charge is -2.09. The molecule has 0 atom stereocenters. The zero-order valence-corrected chi connectivity index (χ0v) is 19.5. The van der Waals surface area contributed by atoms with E-state index in [4.69, 9.17) is 12.2 Å². The summed E-state index contributed by atoms with van der Waals surface area (Å²) in [6, 6.07) is 15.6. The van der Waals surface area contributed by atoms with E-state index in [1.807, 2.05) is 35.0 Å². The molecule has 0 N–H and O–H groups in total. The van der Waals surface area contributed by atoms with Crippen LogP contribution in [0.2, 0.25) is 0 Å². The Morgan fingerprint density at radius 2 is 1.74 bits per heavy atom. The van der Waals surface area contributed by atoms with Crippen molar-refractivity contribution in [1.82, 2.24) is 9.38 Å². The molecule has 0 amide bonds. The SMILES string of the molecule is Cc1cccc(C)c1CC(=S)CN=Cc1ccc2nc(-c3ccc(OC(F)(F)F)cc3)cn2c1. The van der Waals surface area contributed by atoms with Gasteiger partial charge in [0.05, 0.1) is 12.2 Å². The van der Waals surface area contributed by atoms with Gasteiger partial charge >= 0.3 is 6.36 Å². The largest absolute Gasteiger partial charge is 0.573 e. The van der Waals surface area contributed by atoms with Crippen LogP contribution in [-0.4, -0.2) is 33.4 Å². The molecule has 0 aliphatic rings. The van der Waals surface area contributed by atoms with Gasteiger partial charge in [0.1, 0.15) is 11.4 Å². The van der Waals surface area contributed by atoms with Crippen molar-refractivity contribution in [2.75, 3.05) is 6.54 Å². The van der Waals surface area contributed by atoms with Gasteiger partial charge in [0.2, 0.25) is 0 Å². The van der Waals surface area contributed by atoms with Gasteiger partial charge in [-0.1, -0.05) is 30.4 Å². The number of aromatic nitrogens is 2. The molecular formula is C26H22F3N3OS. The van der Waals surface area contributed by atoms with Crippen LogP contribution in [0.15, 0.2) is 72.0 Å². The van der Waals surface area contributed by atoms with Gasteiger partial charge in [-0.2, -0.15) is 0 Å². The van der Waals surface area contributed by atoms with Crippen molar-refractivity contribution in [3.8, 4) is 17.0 Å². The Labute approximate surface area is 200 Å². The molecule has 0 unspecified atom stereocenters. The number of rotatable bonds is 7. The normalized spacial score (nSPS) is 11.9. The molecule has 0 spiro atoms. The molecule has 0 fully saturated rings. The van der Waals surface area contributed by atoms with Crippen molar-refractivity contribution in [3.05, 3.63) is 89.2 Å². The van der Waals surface area contributed by atoms with Gasteiger partial charge in [0, 0.05) is 41.0 Å². The Hall–Kier alpha value is -3.52. The van der Waals surface area contributed by atoms with E-state index >= 15 is 0 Å². The molecule has 2 aromatic heterocycles. The second kappa shape index (κ2) is 9.77.